The molecule has 0 aromatic heterocycles. The Bertz CT molecular complexity index is 481. The Hall–Kier alpha value is -2.21. The van der Waals surface area contributed by atoms with Crippen molar-refractivity contribution in [1.29, 1.82) is 0 Å². The maximum Gasteiger partial charge on any atom is 0.270 e. The molecule has 0 spiro atoms. The molecular formula is C13H16N2O4. The number of aliphatic hydroxyl groups excluding tert-OH is 1. The first-order valence-corrected chi connectivity index (χ1v) is 5.90. The number of benzene rings is 1. The molecule has 1 atom stereocenters. The number of nitro groups is 1. The molecule has 0 aliphatic rings. The highest BCUT2D eigenvalue weighted by atomic mass is 16.6. The fourth-order valence-electron chi connectivity index (χ4n) is 1.44. The second-order valence-corrected chi connectivity index (χ2v) is 3.98. The van der Waals surface area contributed by atoms with E-state index in [-0.39, 0.29) is 24.2 Å². The Morgan fingerprint density at radius 2 is 2.32 bits per heavy atom. The summed E-state index contributed by atoms with van der Waals surface area (Å²) in [6.07, 6.45) is 3.41. The van der Waals surface area contributed by atoms with Gasteiger partial charge in [-0.1, -0.05) is 19.1 Å². The van der Waals surface area contributed by atoms with Crippen LogP contribution in [0.3, 0.4) is 0 Å². The highest BCUT2D eigenvalue weighted by Crippen LogP contribution is 2.13. The van der Waals surface area contributed by atoms with Crippen LogP contribution in [0.25, 0.3) is 6.08 Å². The van der Waals surface area contributed by atoms with Gasteiger partial charge in [0.2, 0.25) is 5.91 Å². The van der Waals surface area contributed by atoms with Gasteiger partial charge in [-0.3, -0.25) is 14.9 Å². The third-order valence-electron chi connectivity index (χ3n) is 2.57. The van der Waals surface area contributed by atoms with E-state index in [1.54, 1.807) is 12.1 Å². The maximum absolute atomic E-state index is 11.5. The molecule has 2 N–H and O–H groups in total. The summed E-state index contributed by atoms with van der Waals surface area (Å²) in [5.74, 6) is -0.340. The number of hydrogen-bond donors (Lipinski definition) is 2. The molecule has 0 aliphatic heterocycles. The molecule has 0 bridgehead atoms. The predicted octanol–water partition coefficient (Wildman–Crippen LogP) is 1.50. The standard InChI is InChI=1S/C13H16N2O4/c1-2-11(9-16)14-13(17)7-6-10-4-3-5-12(8-10)15(18)19/h3-8,11,16H,2,9H2,1H3,(H,14,17)/t11-/m1/s1. The third-order valence-corrected chi connectivity index (χ3v) is 2.57. The van der Waals surface area contributed by atoms with Crippen molar-refractivity contribution in [3.8, 4) is 0 Å². The Labute approximate surface area is 110 Å². The molecular weight excluding hydrogens is 248 g/mol. The fraction of sp³-hybridized carbons (Fsp3) is 0.308. The number of nitrogens with zero attached hydrogens (tertiary/aromatic N) is 1. The molecule has 0 saturated heterocycles. The minimum absolute atomic E-state index is 0.0237. The smallest absolute Gasteiger partial charge is 0.270 e. The van der Waals surface area contributed by atoms with Crippen LogP contribution in [0, 0.1) is 10.1 Å². The monoisotopic (exact) mass is 264 g/mol. The normalized spacial score (nSPS) is 12.3. The SMILES string of the molecule is CC[C@H](CO)NC(=O)C=Cc1cccc([N+](=O)[O-])c1. The van der Waals surface area contributed by atoms with Crippen LogP contribution in [-0.4, -0.2) is 28.6 Å². The van der Waals surface area contributed by atoms with Gasteiger partial charge >= 0.3 is 0 Å². The quantitative estimate of drug-likeness (QED) is 0.462. The lowest BCUT2D eigenvalue weighted by molar-refractivity contribution is -0.384. The summed E-state index contributed by atoms with van der Waals surface area (Å²) in [6.45, 7) is 1.73. The topological polar surface area (TPSA) is 92.5 Å². The van der Waals surface area contributed by atoms with Crippen LogP contribution in [0.5, 0.6) is 0 Å². The zero-order chi connectivity index (χ0) is 14.3. The highest BCUT2D eigenvalue weighted by molar-refractivity contribution is 5.91. The largest absolute Gasteiger partial charge is 0.394 e. The Morgan fingerprint density at radius 3 is 2.89 bits per heavy atom. The summed E-state index contributed by atoms with van der Waals surface area (Å²) in [4.78, 5) is 21.6. The van der Waals surface area contributed by atoms with Crippen LogP contribution in [-0.2, 0) is 4.79 Å². The van der Waals surface area contributed by atoms with Crippen LogP contribution in [0.1, 0.15) is 18.9 Å². The van der Waals surface area contributed by atoms with Crippen molar-refractivity contribution < 1.29 is 14.8 Å². The number of hydrogen-bond acceptors (Lipinski definition) is 4. The molecule has 0 heterocycles. The maximum atomic E-state index is 11.5. The van der Waals surface area contributed by atoms with Crippen molar-refractivity contribution in [3.05, 3.63) is 46.0 Å². The van der Waals surface area contributed by atoms with Crippen molar-refractivity contribution in [2.45, 2.75) is 19.4 Å². The average Bonchev–Trinajstić information content (AvgIpc) is 2.42. The van der Waals surface area contributed by atoms with Crippen LogP contribution >= 0.6 is 0 Å². The van der Waals surface area contributed by atoms with Crippen molar-refractivity contribution in [2.24, 2.45) is 0 Å². The van der Waals surface area contributed by atoms with E-state index in [1.165, 1.54) is 24.3 Å². The number of non-ortho nitro benzene ring substituents is 1. The van der Waals surface area contributed by atoms with Crippen LogP contribution in [0.15, 0.2) is 30.3 Å². The molecule has 0 fully saturated rings. The summed E-state index contributed by atoms with van der Waals surface area (Å²) < 4.78 is 0. The van der Waals surface area contributed by atoms with E-state index < -0.39 is 4.92 Å². The van der Waals surface area contributed by atoms with Crippen molar-refractivity contribution in [1.82, 2.24) is 5.32 Å². The molecule has 0 saturated carbocycles. The Balaban J connectivity index is 2.68. The van der Waals surface area contributed by atoms with E-state index in [0.29, 0.717) is 12.0 Å². The van der Waals surface area contributed by atoms with E-state index >= 15 is 0 Å². The molecule has 19 heavy (non-hydrogen) atoms. The molecule has 0 radical (unpaired) electrons. The van der Waals surface area contributed by atoms with E-state index in [1.807, 2.05) is 6.92 Å². The third kappa shape index (κ3) is 4.89. The number of aliphatic hydroxyl groups is 1. The Morgan fingerprint density at radius 1 is 1.58 bits per heavy atom. The lowest BCUT2D eigenvalue weighted by Gasteiger charge is -2.11. The van der Waals surface area contributed by atoms with Gasteiger partial charge < -0.3 is 10.4 Å². The van der Waals surface area contributed by atoms with E-state index in [9.17, 15) is 14.9 Å². The first-order chi connectivity index (χ1) is 9.06. The van der Waals surface area contributed by atoms with Gasteiger partial charge in [-0.25, -0.2) is 0 Å². The lowest BCUT2D eigenvalue weighted by atomic mass is 10.2. The lowest BCUT2D eigenvalue weighted by Crippen LogP contribution is -2.35. The van der Waals surface area contributed by atoms with Gasteiger partial charge in [-0.05, 0) is 18.1 Å². The van der Waals surface area contributed by atoms with Gasteiger partial charge in [0, 0.05) is 18.2 Å². The van der Waals surface area contributed by atoms with Gasteiger partial charge in [0.1, 0.15) is 0 Å². The molecule has 1 aromatic carbocycles. The summed E-state index contributed by atoms with van der Waals surface area (Å²) in [5, 5.41) is 22.1. The van der Waals surface area contributed by atoms with Gasteiger partial charge in [0.05, 0.1) is 17.6 Å². The number of carbonyl (C=O) groups excluding carboxylic acids is 1. The van der Waals surface area contributed by atoms with Gasteiger partial charge in [0.25, 0.3) is 5.69 Å². The predicted molar refractivity (Wildman–Crippen MR) is 71.4 cm³/mol. The first kappa shape index (κ1) is 14.8. The number of rotatable bonds is 6. The fourth-order valence-corrected chi connectivity index (χ4v) is 1.44. The van der Waals surface area contributed by atoms with Crippen molar-refractivity contribution in [3.63, 3.8) is 0 Å². The second-order valence-electron chi connectivity index (χ2n) is 3.98. The molecule has 0 aliphatic carbocycles. The molecule has 102 valence electrons. The summed E-state index contributed by atoms with van der Waals surface area (Å²) in [5.41, 5.74) is 0.547. The van der Waals surface area contributed by atoms with Crippen LogP contribution in [0.4, 0.5) is 5.69 Å². The first-order valence-electron chi connectivity index (χ1n) is 5.90. The molecule has 6 heteroatoms. The Kier molecular flexibility index (Phi) is 5.69. The molecule has 1 rings (SSSR count). The molecule has 6 nitrogen and oxygen atoms in total. The minimum Gasteiger partial charge on any atom is -0.394 e. The average molecular weight is 264 g/mol. The number of carbonyl (C=O) groups is 1. The zero-order valence-corrected chi connectivity index (χ0v) is 10.6. The summed E-state index contributed by atoms with van der Waals surface area (Å²) >= 11 is 0. The minimum atomic E-state index is -0.490. The van der Waals surface area contributed by atoms with Crippen LogP contribution < -0.4 is 5.32 Å². The summed E-state index contributed by atoms with van der Waals surface area (Å²) in [6, 6.07) is 5.71. The van der Waals surface area contributed by atoms with E-state index in [4.69, 9.17) is 5.11 Å². The number of amides is 1. The molecule has 0 unspecified atom stereocenters. The highest BCUT2D eigenvalue weighted by Gasteiger charge is 2.07. The number of nitrogens with one attached hydrogen (secondary N) is 1. The van der Waals surface area contributed by atoms with Gasteiger partial charge in [-0.2, -0.15) is 0 Å². The van der Waals surface area contributed by atoms with Gasteiger partial charge in [-0.15, -0.1) is 0 Å². The van der Waals surface area contributed by atoms with E-state index in [2.05, 4.69) is 5.32 Å². The van der Waals surface area contributed by atoms with Crippen LogP contribution in [0.2, 0.25) is 0 Å². The molecule has 1 aromatic rings. The van der Waals surface area contributed by atoms with Crippen molar-refractivity contribution in [2.75, 3.05) is 6.61 Å². The summed E-state index contributed by atoms with van der Waals surface area (Å²) in [7, 11) is 0. The molecule has 1 amide bonds. The van der Waals surface area contributed by atoms with Crippen molar-refractivity contribution >= 4 is 17.7 Å². The second kappa shape index (κ2) is 7.27. The number of nitro benzene ring substituents is 1. The van der Waals surface area contributed by atoms with E-state index in [0.717, 1.165) is 0 Å². The zero-order valence-electron chi connectivity index (χ0n) is 10.6. The van der Waals surface area contributed by atoms with Gasteiger partial charge in [0.15, 0.2) is 0 Å².